The molecule has 0 saturated carbocycles. The molecule has 3 rings (SSSR count). The Bertz CT molecular complexity index is 839. The summed E-state index contributed by atoms with van der Waals surface area (Å²) in [6, 6.07) is 8.46. The fraction of sp³-hybridized carbons (Fsp3) is 0. The first-order chi connectivity index (χ1) is 10.1. The Hall–Kier alpha value is -3.15. The molecule has 6 nitrogen and oxygen atoms in total. The maximum Gasteiger partial charge on any atom is 0.337 e. The van der Waals surface area contributed by atoms with Crippen LogP contribution >= 0.6 is 0 Å². The standard InChI is InChI=1S/C15H11N3O3/c19-14(10-2-1-9-3-6-17-12(9)7-10)18-13-8-16-5-4-11(13)15(20)21/h1-8,17H,(H,18,19)(H,20,21). The van der Waals surface area contributed by atoms with Crippen LogP contribution in [-0.2, 0) is 0 Å². The van der Waals surface area contributed by atoms with Gasteiger partial charge in [-0.1, -0.05) is 6.07 Å². The lowest BCUT2D eigenvalue weighted by Gasteiger charge is -2.07. The van der Waals surface area contributed by atoms with Gasteiger partial charge in [-0.3, -0.25) is 9.78 Å². The predicted octanol–water partition coefficient (Wildman–Crippen LogP) is 2.51. The molecule has 0 bridgehead atoms. The number of H-pyrrole nitrogens is 1. The third-order valence-electron chi connectivity index (χ3n) is 3.12. The van der Waals surface area contributed by atoms with Crippen LogP contribution in [0.2, 0.25) is 0 Å². The molecule has 21 heavy (non-hydrogen) atoms. The van der Waals surface area contributed by atoms with Gasteiger partial charge >= 0.3 is 5.97 Å². The van der Waals surface area contributed by atoms with Crippen LogP contribution in [0.3, 0.4) is 0 Å². The van der Waals surface area contributed by atoms with Gasteiger partial charge in [0.25, 0.3) is 5.91 Å². The number of aromatic carboxylic acids is 1. The van der Waals surface area contributed by atoms with Gasteiger partial charge in [0.2, 0.25) is 0 Å². The molecule has 3 aromatic rings. The lowest BCUT2D eigenvalue weighted by Crippen LogP contribution is -2.15. The predicted molar refractivity (Wildman–Crippen MR) is 77.4 cm³/mol. The van der Waals surface area contributed by atoms with Crippen molar-refractivity contribution in [3.63, 3.8) is 0 Å². The first kappa shape index (κ1) is 12.9. The number of carboxylic acids is 1. The number of nitrogens with one attached hydrogen (secondary N) is 2. The third kappa shape index (κ3) is 2.46. The summed E-state index contributed by atoms with van der Waals surface area (Å²) in [6.07, 6.45) is 4.47. The quantitative estimate of drug-likeness (QED) is 0.687. The van der Waals surface area contributed by atoms with Gasteiger partial charge in [-0.05, 0) is 29.7 Å². The zero-order valence-electron chi connectivity index (χ0n) is 10.8. The Balaban J connectivity index is 1.91. The minimum absolute atomic E-state index is 0.000647. The van der Waals surface area contributed by atoms with Crippen molar-refractivity contribution >= 4 is 28.5 Å². The highest BCUT2D eigenvalue weighted by Gasteiger charge is 2.13. The Labute approximate surface area is 119 Å². The molecule has 0 aliphatic carbocycles. The van der Waals surface area contributed by atoms with Gasteiger partial charge in [-0.2, -0.15) is 0 Å². The van der Waals surface area contributed by atoms with E-state index in [0.29, 0.717) is 5.56 Å². The van der Waals surface area contributed by atoms with E-state index in [-0.39, 0.29) is 17.2 Å². The van der Waals surface area contributed by atoms with Gasteiger partial charge in [0.15, 0.2) is 0 Å². The van der Waals surface area contributed by atoms with Crippen LogP contribution in [-0.4, -0.2) is 27.0 Å². The Morgan fingerprint density at radius 1 is 1.19 bits per heavy atom. The molecule has 2 aromatic heterocycles. The molecule has 3 N–H and O–H groups in total. The van der Waals surface area contributed by atoms with E-state index in [1.54, 1.807) is 18.3 Å². The summed E-state index contributed by atoms with van der Waals surface area (Å²) in [5.41, 5.74) is 1.44. The molecule has 0 aliphatic rings. The highest BCUT2D eigenvalue weighted by Crippen LogP contribution is 2.17. The maximum absolute atomic E-state index is 12.2. The summed E-state index contributed by atoms with van der Waals surface area (Å²) < 4.78 is 0. The summed E-state index contributed by atoms with van der Waals surface area (Å²) in [5, 5.41) is 12.6. The Kier molecular flexibility index (Phi) is 3.12. The minimum Gasteiger partial charge on any atom is -0.478 e. The van der Waals surface area contributed by atoms with E-state index >= 15 is 0 Å². The van der Waals surface area contributed by atoms with E-state index in [9.17, 15) is 9.59 Å². The summed E-state index contributed by atoms with van der Waals surface area (Å²) in [4.78, 5) is 30.2. The molecule has 6 heteroatoms. The minimum atomic E-state index is -1.12. The summed E-state index contributed by atoms with van der Waals surface area (Å²) in [6.45, 7) is 0. The molecule has 2 heterocycles. The average molecular weight is 281 g/mol. The molecule has 1 aromatic carbocycles. The maximum atomic E-state index is 12.2. The van der Waals surface area contributed by atoms with E-state index < -0.39 is 5.97 Å². The number of fused-ring (bicyclic) bond motifs is 1. The molecule has 0 fully saturated rings. The van der Waals surface area contributed by atoms with Crippen molar-refractivity contribution < 1.29 is 14.7 Å². The molecule has 1 amide bonds. The summed E-state index contributed by atoms with van der Waals surface area (Å²) in [7, 11) is 0. The van der Waals surface area contributed by atoms with Crippen molar-refractivity contribution in [2.24, 2.45) is 0 Å². The number of carbonyl (C=O) groups excluding carboxylic acids is 1. The van der Waals surface area contributed by atoms with Crippen LogP contribution in [0.25, 0.3) is 10.9 Å². The van der Waals surface area contributed by atoms with E-state index in [4.69, 9.17) is 5.11 Å². The number of aromatic nitrogens is 2. The second-order valence-corrected chi connectivity index (χ2v) is 4.46. The largest absolute Gasteiger partial charge is 0.478 e. The number of carboxylic acid groups (broad SMARTS) is 1. The lowest BCUT2D eigenvalue weighted by atomic mass is 10.1. The van der Waals surface area contributed by atoms with Gasteiger partial charge in [0, 0.05) is 23.5 Å². The van der Waals surface area contributed by atoms with E-state index in [1.807, 2.05) is 12.1 Å². The number of amides is 1. The number of pyridine rings is 1. The van der Waals surface area contributed by atoms with Crippen LogP contribution in [0, 0.1) is 0 Å². The number of aromatic amines is 1. The van der Waals surface area contributed by atoms with Gasteiger partial charge in [-0.25, -0.2) is 4.79 Å². The lowest BCUT2D eigenvalue weighted by molar-refractivity contribution is 0.0698. The molecule has 0 unspecified atom stereocenters. The molecule has 104 valence electrons. The molecule has 0 radical (unpaired) electrons. The number of anilines is 1. The molecular formula is C15H11N3O3. The molecular weight excluding hydrogens is 270 g/mol. The van der Waals surface area contributed by atoms with Crippen LogP contribution in [0.5, 0.6) is 0 Å². The second-order valence-electron chi connectivity index (χ2n) is 4.46. The SMILES string of the molecule is O=C(Nc1cnccc1C(=O)O)c1ccc2cc[nH]c2c1. The van der Waals surface area contributed by atoms with Crippen LogP contribution in [0.15, 0.2) is 48.9 Å². The number of hydrogen-bond acceptors (Lipinski definition) is 3. The number of rotatable bonds is 3. The smallest absolute Gasteiger partial charge is 0.337 e. The normalized spacial score (nSPS) is 10.5. The van der Waals surface area contributed by atoms with Crippen molar-refractivity contribution in [1.82, 2.24) is 9.97 Å². The zero-order chi connectivity index (χ0) is 14.8. The first-order valence-corrected chi connectivity index (χ1v) is 6.21. The monoisotopic (exact) mass is 281 g/mol. The number of nitrogens with zero attached hydrogens (tertiary/aromatic N) is 1. The van der Waals surface area contributed by atoms with Gasteiger partial charge in [0.1, 0.15) is 0 Å². The molecule has 0 saturated heterocycles. The van der Waals surface area contributed by atoms with Crippen molar-refractivity contribution in [3.05, 3.63) is 60.0 Å². The topological polar surface area (TPSA) is 95.1 Å². The third-order valence-corrected chi connectivity index (χ3v) is 3.12. The number of hydrogen-bond donors (Lipinski definition) is 3. The number of carbonyl (C=O) groups is 2. The van der Waals surface area contributed by atoms with Crippen molar-refractivity contribution in [1.29, 1.82) is 0 Å². The van der Waals surface area contributed by atoms with Crippen LogP contribution < -0.4 is 5.32 Å². The zero-order valence-corrected chi connectivity index (χ0v) is 10.8. The van der Waals surface area contributed by atoms with Gasteiger partial charge < -0.3 is 15.4 Å². The average Bonchev–Trinajstić information content (AvgIpc) is 2.94. The fourth-order valence-electron chi connectivity index (χ4n) is 2.06. The highest BCUT2D eigenvalue weighted by molar-refractivity contribution is 6.08. The number of benzene rings is 1. The van der Waals surface area contributed by atoms with Crippen LogP contribution in [0.4, 0.5) is 5.69 Å². The van der Waals surface area contributed by atoms with E-state index in [2.05, 4.69) is 15.3 Å². The van der Waals surface area contributed by atoms with E-state index in [1.165, 1.54) is 18.5 Å². The molecule has 0 atom stereocenters. The fourth-order valence-corrected chi connectivity index (χ4v) is 2.06. The van der Waals surface area contributed by atoms with Crippen LogP contribution in [0.1, 0.15) is 20.7 Å². The van der Waals surface area contributed by atoms with E-state index in [0.717, 1.165) is 10.9 Å². The van der Waals surface area contributed by atoms with Gasteiger partial charge in [0.05, 0.1) is 17.4 Å². The van der Waals surface area contributed by atoms with Crippen molar-refractivity contribution in [2.75, 3.05) is 5.32 Å². The van der Waals surface area contributed by atoms with Crippen molar-refractivity contribution in [3.8, 4) is 0 Å². The Morgan fingerprint density at radius 3 is 2.86 bits per heavy atom. The summed E-state index contributed by atoms with van der Waals surface area (Å²) >= 11 is 0. The Morgan fingerprint density at radius 2 is 2.05 bits per heavy atom. The van der Waals surface area contributed by atoms with Gasteiger partial charge in [-0.15, -0.1) is 0 Å². The second kappa shape index (κ2) is 5.09. The molecule has 0 spiro atoms. The summed E-state index contributed by atoms with van der Waals surface area (Å²) in [5.74, 6) is -1.51. The molecule has 0 aliphatic heterocycles. The first-order valence-electron chi connectivity index (χ1n) is 6.21. The van der Waals surface area contributed by atoms with Crippen molar-refractivity contribution in [2.45, 2.75) is 0 Å². The highest BCUT2D eigenvalue weighted by atomic mass is 16.4.